The standard InChI is InChI=1S/C21H13F4N5/c22-10-13-1-5-15(6-2-13)17-9-18(21(23,24)25)30-20(29-17)16(12-28-30)7-3-14-4-8-19(26)27-11-14/h1-2,4-6,8-9,11-12H,10H2,(H2,26,27). The van der Waals surface area contributed by atoms with Gasteiger partial charge in [0.25, 0.3) is 0 Å². The summed E-state index contributed by atoms with van der Waals surface area (Å²) in [4.78, 5) is 8.25. The van der Waals surface area contributed by atoms with E-state index in [1.165, 1.54) is 36.7 Å². The Morgan fingerprint density at radius 1 is 1.00 bits per heavy atom. The molecular weight excluding hydrogens is 398 g/mol. The second-order valence-corrected chi connectivity index (χ2v) is 6.37. The van der Waals surface area contributed by atoms with Gasteiger partial charge in [-0.1, -0.05) is 36.1 Å². The van der Waals surface area contributed by atoms with Crippen LogP contribution >= 0.6 is 0 Å². The lowest BCUT2D eigenvalue weighted by atomic mass is 10.1. The molecule has 2 N–H and O–H groups in total. The number of hydrogen-bond acceptors (Lipinski definition) is 4. The van der Waals surface area contributed by atoms with Crippen molar-refractivity contribution in [2.45, 2.75) is 12.9 Å². The van der Waals surface area contributed by atoms with Crippen molar-refractivity contribution >= 4 is 11.5 Å². The van der Waals surface area contributed by atoms with Crippen LogP contribution in [0.1, 0.15) is 22.4 Å². The summed E-state index contributed by atoms with van der Waals surface area (Å²) >= 11 is 0. The Morgan fingerprint density at radius 3 is 2.40 bits per heavy atom. The van der Waals surface area contributed by atoms with Gasteiger partial charge in [0.05, 0.1) is 17.5 Å². The average molecular weight is 411 g/mol. The third-order valence-corrected chi connectivity index (χ3v) is 4.29. The first kappa shape index (κ1) is 19.4. The fourth-order valence-electron chi connectivity index (χ4n) is 2.78. The van der Waals surface area contributed by atoms with Crippen LogP contribution < -0.4 is 5.73 Å². The fraction of sp³-hybridized carbons (Fsp3) is 0.0952. The number of benzene rings is 1. The van der Waals surface area contributed by atoms with Gasteiger partial charge in [-0.3, -0.25) is 0 Å². The zero-order chi connectivity index (χ0) is 21.3. The van der Waals surface area contributed by atoms with E-state index in [4.69, 9.17) is 5.73 Å². The van der Waals surface area contributed by atoms with Gasteiger partial charge in [-0.25, -0.2) is 18.9 Å². The average Bonchev–Trinajstić information content (AvgIpc) is 3.15. The summed E-state index contributed by atoms with van der Waals surface area (Å²) in [5, 5.41) is 3.82. The maximum Gasteiger partial charge on any atom is 0.433 e. The third kappa shape index (κ3) is 3.80. The van der Waals surface area contributed by atoms with E-state index >= 15 is 0 Å². The van der Waals surface area contributed by atoms with E-state index in [1.54, 1.807) is 12.1 Å². The van der Waals surface area contributed by atoms with E-state index in [9.17, 15) is 17.6 Å². The van der Waals surface area contributed by atoms with Crippen molar-refractivity contribution in [2.75, 3.05) is 5.73 Å². The first-order chi connectivity index (χ1) is 14.3. The predicted molar refractivity (Wildman–Crippen MR) is 103 cm³/mol. The third-order valence-electron chi connectivity index (χ3n) is 4.29. The molecule has 150 valence electrons. The van der Waals surface area contributed by atoms with E-state index in [2.05, 4.69) is 26.9 Å². The first-order valence-electron chi connectivity index (χ1n) is 8.70. The molecule has 0 unspecified atom stereocenters. The molecular formula is C21H13F4N5. The topological polar surface area (TPSA) is 69.1 Å². The van der Waals surface area contributed by atoms with Crippen LogP contribution in [0.3, 0.4) is 0 Å². The Hall–Kier alpha value is -3.93. The molecule has 0 saturated carbocycles. The van der Waals surface area contributed by atoms with Crippen LogP contribution in [0.25, 0.3) is 16.9 Å². The van der Waals surface area contributed by atoms with Crippen LogP contribution in [0.5, 0.6) is 0 Å². The van der Waals surface area contributed by atoms with Gasteiger partial charge in [0, 0.05) is 17.3 Å². The molecule has 1 aromatic carbocycles. The van der Waals surface area contributed by atoms with Crippen molar-refractivity contribution in [3.8, 4) is 23.1 Å². The number of halogens is 4. The second kappa shape index (κ2) is 7.48. The molecule has 3 heterocycles. The van der Waals surface area contributed by atoms with Crippen LogP contribution in [0.2, 0.25) is 0 Å². The minimum atomic E-state index is -4.66. The zero-order valence-electron chi connectivity index (χ0n) is 15.3. The Kier molecular flexibility index (Phi) is 4.83. The maximum atomic E-state index is 13.6. The Morgan fingerprint density at radius 2 is 1.77 bits per heavy atom. The van der Waals surface area contributed by atoms with Gasteiger partial charge >= 0.3 is 6.18 Å². The van der Waals surface area contributed by atoms with E-state index in [-0.39, 0.29) is 16.9 Å². The summed E-state index contributed by atoms with van der Waals surface area (Å²) < 4.78 is 54.4. The van der Waals surface area contributed by atoms with Crippen molar-refractivity contribution in [2.24, 2.45) is 0 Å². The second-order valence-electron chi connectivity index (χ2n) is 6.37. The Labute approximate surface area is 168 Å². The summed E-state index contributed by atoms with van der Waals surface area (Å²) in [6.07, 6.45) is -1.97. The number of hydrogen-bond donors (Lipinski definition) is 1. The van der Waals surface area contributed by atoms with Crippen LogP contribution in [0, 0.1) is 11.8 Å². The molecule has 4 rings (SSSR count). The van der Waals surface area contributed by atoms with E-state index in [0.29, 0.717) is 27.0 Å². The smallest absolute Gasteiger partial charge is 0.384 e. The summed E-state index contributed by atoms with van der Waals surface area (Å²) in [7, 11) is 0. The number of fused-ring (bicyclic) bond motifs is 1. The highest BCUT2D eigenvalue weighted by molar-refractivity contribution is 5.67. The quantitative estimate of drug-likeness (QED) is 0.395. The van der Waals surface area contributed by atoms with Gasteiger partial charge in [0.15, 0.2) is 11.3 Å². The molecule has 0 fully saturated rings. The minimum absolute atomic E-state index is 0.0368. The van der Waals surface area contributed by atoms with Crippen molar-refractivity contribution < 1.29 is 17.6 Å². The summed E-state index contributed by atoms with van der Waals surface area (Å²) in [6, 6.07) is 10.2. The number of anilines is 1. The highest BCUT2D eigenvalue weighted by atomic mass is 19.4. The van der Waals surface area contributed by atoms with Gasteiger partial charge < -0.3 is 5.73 Å². The number of aromatic nitrogens is 4. The number of rotatable bonds is 2. The van der Waals surface area contributed by atoms with E-state index in [1.807, 2.05) is 0 Å². The normalized spacial score (nSPS) is 11.3. The SMILES string of the molecule is Nc1ccc(C#Cc2cnn3c(C(F)(F)F)cc(-c4ccc(CF)cc4)nc23)cn1. The monoisotopic (exact) mass is 411 g/mol. The van der Waals surface area contributed by atoms with Crippen LogP contribution in [-0.4, -0.2) is 19.6 Å². The molecule has 0 atom stereocenters. The Bertz CT molecular complexity index is 1260. The molecule has 0 aliphatic carbocycles. The first-order valence-corrected chi connectivity index (χ1v) is 8.70. The van der Waals surface area contributed by atoms with Crippen molar-refractivity contribution in [1.82, 2.24) is 19.6 Å². The van der Waals surface area contributed by atoms with E-state index in [0.717, 1.165) is 6.07 Å². The lowest BCUT2D eigenvalue weighted by molar-refractivity contribution is -0.142. The number of nitrogens with two attached hydrogens (primary N) is 1. The van der Waals surface area contributed by atoms with Crippen molar-refractivity contribution in [1.29, 1.82) is 0 Å². The highest BCUT2D eigenvalue weighted by Crippen LogP contribution is 2.32. The summed E-state index contributed by atoms with van der Waals surface area (Å²) in [5.74, 6) is 5.93. The van der Waals surface area contributed by atoms with Crippen LogP contribution in [0.4, 0.5) is 23.4 Å². The molecule has 9 heteroatoms. The largest absolute Gasteiger partial charge is 0.433 e. The molecule has 0 bridgehead atoms. The van der Waals surface area contributed by atoms with Gasteiger partial charge in [0.1, 0.15) is 12.5 Å². The molecule has 3 aromatic heterocycles. The van der Waals surface area contributed by atoms with Gasteiger partial charge in [-0.15, -0.1) is 0 Å². The number of nitrogen functional groups attached to an aromatic ring is 1. The Balaban J connectivity index is 1.86. The highest BCUT2D eigenvalue weighted by Gasteiger charge is 2.35. The molecule has 0 saturated heterocycles. The predicted octanol–water partition coefficient (Wildman–Crippen LogP) is 4.26. The molecule has 0 aliphatic heterocycles. The van der Waals surface area contributed by atoms with Gasteiger partial charge in [0.2, 0.25) is 0 Å². The molecule has 0 radical (unpaired) electrons. The van der Waals surface area contributed by atoms with Crippen molar-refractivity contribution in [3.63, 3.8) is 0 Å². The molecule has 0 spiro atoms. The summed E-state index contributed by atoms with van der Waals surface area (Å²) in [5.41, 5.74) is 6.19. The number of alkyl halides is 4. The van der Waals surface area contributed by atoms with Crippen LogP contribution in [0.15, 0.2) is 54.9 Å². The fourth-order valence-corrected chi connectivity index (χ4v) is 2.78. The van der Waals surface area contributed by atoms with Gasteiger partial charge in [-0.2, -0.15) is 18.3 Å². The van der Waals surface area contributed by atoms with Crippen LogP contribution in [-0.2, 0) is 12.9 Å². The zero-order valence-corrected chi connectivity index (χ0v) is 15.3. The lowest BCUT2D eigenvalue weighted by Gasteiger charge is -2.11. The minimum Gasteiger partial charge on any atom is -0.384 e. The molecule has 0 amide bonds. The number of pyridine rings is 1. The van der Waals surface area contributed by atoms with E-state index < -0.39 is 18.5 Å². The van der Waals surface area contributed by atoms with Gasteiger partial charge in [-0.05, 0) is 23.8 Å². The molecule has 5 nitrogen and oxygen atoms in total. The lowest BCUT2D eigenvalue weighted by Crippen LogP contribution is -2.13. The summed E-state index contributed by atoms with van der Waals surface area (Å²) in [6.45, 7) is -0.664. The van der Waals surface area contributed by atoms with Crippen molar-refractivity contribution in [3.05, 3.63) is 77.2 Å². The maximum absolute atomic E-state index is 13.6. The molecule has 0 aliphatic rings. The molecule has 30 heavy (non-hydrogen) atoms. The molecule has 4 aromatic rings. The number of nitrogens with zero attached hydrogens (tertiary/aromatic N) is 4.